The first-order valence-electron chi connectivity index (χ1n) is 7.03. The third-order valence-corrected chi connectivity index (χ3v) is 3.56. The fraction of sp³-hybridized carbons (Fsp3) is 0.294. The van der Waals surface area contributed by atoms with Gasteiger partial charge in [0.2, 0.25) is 0 Å². The predicted molar refractivity (Wildman–Crippen MR) is 79.8 cm³/mol. The lowest BCUT2D eigenvalue weighted by Crippen LogP contribution is -2.53. The molecule has 0 spiro atoms. The Balaban J connectivity index is 1.51. The van der Waals surface area contributed by atoms with Crippen LogP contribution in [0.4, 0.5) is 0 Å². The Labute approximate surface area is 124 Å². The minimum Gasteiger partial charge on any atom is -0.488 e. The second-order valence-electron chi connectivity index (χ2n) is 5.38. The molecule has 106 valence electrons. The van der Waals surface area contributed by atoms with Crippen LogP contribution >= 0.6 is 0 Å². The quantitative estimate of drug-likeness (QED) is 0.863. The highest BCUT2D eigenvalue weighted by Gasteiger charge is 2.28. The Kier molecular flexibility index (Phi) is 3.85. The average molecular weight is 279 g/mol. The van der Waals surface area contributed by atoms with Crippen molar-refractivity contribution in [3.8, 4) is 11.8 Å². The zero-order chi connectivity index (χ0) is 14.7. The van der Waals surface area contributed by atoms with Crippen LogP contribution in [0.25, 0.3) is 0 Å². The van der Waals surface area contributed by atoms with E-state index in [1.807, 2.05) is 37.3 Å². The molecular weight excluding hydrogens is 262 g/mol. The summed E-state index contributed by atoms with van der Waals surface area (Å²) in [6.07, 6.45) is 2.01. The van der Waals surface area contributed by atoms with E-state index in [1.54, 1.807) is 6.20 Å². The molecular formula is C17H17N3O. The number of hydrogen-bond donors (Lipinski definition) is 0. The van der Waals surface area contributed by atoms with Crippen LogP contribution in [0.2, 0.25) is 0 Å². The summed E-state index contributed by atoms with van der Waals surface area (Å²) in [7, 11) is 0. The molecule has 0 N–H and O–H groups in total. The minimum absolute atomic E-state index is 0.242. The van der Waals surface area contributed by atoms with Gasteiger partial charge in [-0.05, 0) is 30.7 Å². The van der Waals surface area contributed by atoms with Crippen LogP contribution in [0.5, 0.6) is 5.75 Å². The van der Waals surface area contributed by atoms with E-state index in [4.69, 9.17) is 10.00 Å². The van der Waals surface area contributed by atoms with Gasteiger partial charge in [0, 0.05) is 37.6 Å². The van der Waals surface area contributed by atoms with E-state index in [0.717, 1.165) is 31.1 Å². The van der Waals surface area contributed by atoms with Crippen molar-refractivity contribution in [2.45, 2.75) is 19.6 Å². The lowest BCUT2D eigenvalue weighted by molar-refractivity contribution is 0.0145. The van der Waals surface area contributed by atoms with Gasteiger partial charge in [0.05, 0.1) is 11.6 Å². The van der Waals surface area contributed by atoms with Crippen LogP contribution in [0.3, 0.4) is 0 Å². The van der Waals surface area contributed by atoms with E-state index in [1.165, 1.54) is 5.56 Å². The van der Waals surface area contributed by atoms with Crippen molar-refractivity contribution in [1.82, 2.24) is 9.88 Å². The van der Waals surface area contributed by atoms with E-state index in [9.17, 15) is 0 Å². The van der Waals surface area contributed by atoms with Gasteiger partial charge >= 0.3 is 0 Å². The molecule has 0 unspecified atom stereocenters. The van der Waals surface area contributed by atoms with Crippen molar-refractivity contribution in [3.05, 3.63) is 59.4 Å². The van der Waals surface area contributed by atoms with E-state index < -0.39 is 0 Å². The van der Waals surface area contributed by atoms with Gasteiger partial charge in [-0.25, -0.2) is 0 Å². The van der Waals surface area contributed by atoms with Crippen LogP contribution in [-0.4, -0.2) is 29.1 Å². The number of ether oxygens (including phenoxy) is 1. The lowest BCUT2D eigenvalue weighted by atomic mass is 10.1. The normalized spacial score (nSPS) is 15.2. The molecule has 0 radical (unpaired) electrons. The van der Waals surface area contributed by atoms with Gasteiger partial charge in [0.15, 0.2) is 0 Å². The molecule has 3 rings (SSSR count). The fourth-order valence-corrected chi connectivity index (χ4v) is 2.51. The molecule has 1 aromatic carbocycles. The largest absolute Gasteiger partial charge is 0.488 e. The molecule has 0 saturated carbocycles. The van der Waals surface area contributed by atoms with Crippen LogP contribution in [0, 0.1) is 18.3 Å². The number of aromatic nitrogens is 1. The second-order valence-corrected chi connectivity index (χ2v) is 5.38. The van der Waals surface area contributed by atoms with Gasteiger partial charge in [-0.3, -0.25) is 9.88 Å². The number of rotatable bonds is 4. The van der Waals surface area contributed by atoms with E-state index >= 15 is 0 Å². The molecule has 0 aliphatic carbocycles. The van der Waals surface area contributed by atoms with Gasteiger partial charge in [-0.15, -0.1) is 0 Å². The molecule has 0 amide bonds. The lowest BCUT2D eigenvalue weighted by Gasteiger charge is -2.39. The van der Waals surface area contributed by atoms with E-state index in [0.29, 0.717) is 5.56 Å². The topological polar surface area (TPSA) is 49.1 Å². The summed E-state index contributed by atoms with van der Waals surface area (Å²) in [6, 6.07) is 13.8. The first-order chi connectivity index (χ1) is 10.2. The zero-order valence-corrected chi connectivity index (χ0v) is 12.0. The Bertz CT molecular complexity index is 672. The smallest absolute Gasteiger partial charge is 0.124 e. The van der Waals surface area contributed by atoms with Crippen molar-refractivity contribution in [1.29, 1.82) is 5.26 Å². The van der Waals surface area contributed by atoms with Crippen molar-refractivity contribution < 1.29 is 4.74 Å². The van der Waals surface area contributed by atoms with Crippen LogP contribution in [0.15, 0.2) is 42.6 Å². The maximum atomic E-state index is 8.91. The summed E-state index contributed by atoms with van der Waals surface area (Å²) < 4.78 is 5.91. The summed E-state index contributed by atoms with van der Waals surface area (Å²) >= 11 is 0. The summed E-state index contributed by atoms with van der Waals surface area (Å²) in [4.78, 5) is 6.48. The molecule has 4 nitrogen and oxygen atoms in total. The molecule has 2 heterocycles. The monoisotopic (exact) mass is 279 g/mol. The number of nitriles is 1. The van der Waals surface area contributed by atoms with Gasteiger partial charge in [0.1, 0.15) is 11.9 Å². The highest BCUT2D eigenvalue weighted by Crippen LogP contribution is 2.20. The molecule has 1 aliphatic heterocycles. The Morgan fingerprint density at radius 2 is 2.19 bits per heavy atom. The molecule has 21 heavy (non-hydrogen) atoms. The van der Waals surface area contributed by atoms with E-state index in [-0.39, 0.29) is 6.10 Å². The number of pyridine rings is 1. The SMILES string of the molecule is Cc1cc(OC2CN(Cc3cccc(C#N)c3)C2)ccn1. The third kappa shape index (κ3) is 3.39. The first-order valence-corrected chi connectivity index (χ1v) is 7.03. The molecule has 1 aliphatic rings. The Morgan fingerprint density at radius 1 is 1.33 bits per heavy atom. The number of hydrogen-bond acceptors (Lipinski definition) is 4. The molecule has 1 fully saturated rings. The van der Waals surface area contributed by atoms with Crippen LogP contribution in [-0.2, 0) is 6.54 Å². The maximum Gasteiger partial charge on any atom is 0.124 e. The van der Waals surface area contributed by atoms with E-state index in [2.05, 4.69) is 22.0 Å². The minimum atomic E-state index is 0.242. The average Bonchev–Trinajstić information content (AvgIpc) is 2.45. The number of benzene rings is 1. The Morgan fingerprint density at radius 3 is 2.95 bits per heavy atom. The highest BCUT2D eigenvalue weighted by molar-refractivity contribution is 5.32. The summed E-state index contributed by atoms with van der Waals surface area (Å²) in [6.45, 7) is 4.66. The third-order valence-electron chi connectivity index (χ3n) is 3.56. The van der Waals surface area contributed by atoms with Crippen molar-refractivity contribution in [3.63, 3.8) is 0 Å². The van der Waals surface area contributed by atoms with Crippen LogP contribution in [0.1, 0.15) is 16.8 Å². The van der Waals surface area contributed by atoms with Crippen molar-refractivity contribution in [2.75, 3.05) is 13.1 Å². The summed E-state index contributed by atoms with van der Waals surface area (Å²) in [5.74, 6) is 0.888. The van der Waals surface area contributed by atoms with Gasteiger partial charge < -0.3 is 4.74 Å². The number of aryl methyl sites for hydroxylation is 1. The van der Waals surface area contributed by atoms with Gasteiger partial charge in [0.25, 0.3) is 0 Å². The molecule has 0 bridgehead atoms. The fourth-order valence-electron chi connectivity index (χ4n) is 2.51. The van der Waals surface area contributed by atoms with Crippen molar-refractivity contribution >= 4 is 0 Å². The predicted octanol–water partition coefficient (Wildman–Crippen LogP) is 2.52. The second kappa shape index (κ2) is 5.94. The highest BCUT2D eigenvalue weighted by atomic mass is 16.5. The molecule has 0 atom stereocenters. The zero-order valence-electron chi connectivity index (χ0n) is 12.0. The standard InChI is InChI=1S/C17H17N3O/c1-13-7-16(5-6-19-13)21-17-11-20(12-17)10-15-4-2-3-14(8-15)9-18/h2-8,17H,10-12H2,1H3. The number of nitrogens with zero attached hydrogens (tertiary/aromatic N) is 3. The van der Waals surface area contributed by atoms with Crippen LogP contribution < -0.4 is 4.74 Å². The maximum absolute atomic E-state index is 8.91. The summed E-state index contributed by atoms with van der Waals surface area (Å²) in [5, 5.41) is 8.91. The molecule has 2 aromatic rings. The molecule has 1 aromatic heterocycles. The first kappa shape index (κ1) is 13.6. The van der Waals surface area contributed by atoms with Gasteiger partial charge in [-0.2, -0.15) is 5.26 Å². The molecule has 1 saturated heterocycles. The number of likely N-dealkylation sites (tertiary alicyclic amines) is 1. The summed E-state index contributed by atoms with van der Waals surface area (Å²) in [5.41, 5.74) is 2.86. The Hall–Kier alpha value is -2.38. The van der Waals surface area contributed by atoms with Gasteiger partial charge in [-0.1, -0.05) is 12.1 Å². The van der Waals surface area contributed by atoms with Crippen molar-refractivity contribution in [2.24, 2.45) is 0 Å². The molecule has 4 heteroatoms.